The smallest absolute Gasteiger partial charge is 0.279 e. The van der Waals surface area contributed by atoms with E-state index in [0.29, 0.717) is 18.2 Å². The number of rotatable bonds is 4. The van der Waals surface area contributed by atoms with Crippen LogP contribution >= 0.6 is 15.9 Å². The van der Waals surface area contributed by atoms with Crippen molar-refractivity contribution in [2.24, 2.45) is 0 Å². The fourth-order valence-electron chi connectivity index (χ4n) is 2.02. The molecule has 0 unspecified atom stereocenters. The Hall–Kier alpha value is -1.54. The van der Waals surface area contributed by atoms with Gasteiger partial charge in [-0.3, -0.25) is 4.72 Å². The summed E-state index contributed by atoms with van der Waals surface area (Å²) in [7, 11) is -4.12. The van der Waals surface area contributed by atoms with Crippen LogP contribution in [0.15, 0.2) is 51.8 Å². The predicted molar refractivity (Wildman–Crippen MR) is 85.8 cm³/mol. The molecule has 124 valence electrons. The van der Waals surface area contributed by atoms with Gasteiger partial charge in [0.2, 0.25) is 0 Å². The largest absolute Gasteiger partial charge is 0.417 e. The lowest BCUT2D eigenvalue weighted by atomic mass is 10.1. The van der Waals surface area contributed by atoms with Crippen molar-refractivity contribution in [1.29, 1.82) is 0 Å². The van der Waals surface area contributed by atoms with Gasteiger partial charge in [0.05, 0.1) is 16.1 Å². The van der Waals surface area contributed by atoms with Gasteiger partial charge in [-0.05, 0) is 36.2 Å². The number of alkyl halides is 3. The normalized spacial score (nSPS) is 12.2. The minimum atomic E-state index is -4.65. The molecule has 0 fully saturated rings. The molecule has 0 saturated carbocycles. The van der Waals surface area contributed by atoms with E-state index in [2.05, 4.69) is 20.7 Å². The van der Waals surface area contributed by atoms with Crippen LogP contribution in [0.4, 0.5) is 18.9 Å². The quantitative estimate of drug-likeness (QED) is 0.788. The van der Waals surface area contributed by atoms with Crippen molar-refractivity contribution in [2.75, 3.05) is 4.72 Å². The minimum absolute atomic E-state index is 0.210. The summed E-state index contributed by atoms with van der Waals surface area (Å²) < 4.78 is 65.6. The summed E-state index contributed by atoms with van der Waals surface area (Å²) in [6.07, 6.45) is -4.06. The van der Waals surface area contributed by atoms with Crippen LogP contribution in [0.2, 0.25) is 0 Å². The molecular weight excluding hydrogens is 395 g/mol. The third-order valence-electron chi connectivity index (χ3n) is 3.20. The molecule has 0 aliphatic carbocycles. The lowest BCUT2D eigenvalue weighted by molar-refractivity contribution is -0.138. The molecule has 0 radical (unpaired) electrons. The Kier molecular flexibility index (Phi) is 5.05. The van der Waals surface area contributed by atoms with Gasteiger partial charge in [-0.1, -0.05) is 41.1 Å². The number of anilines is 1. The maximum Gasteiger partial charge on any atom is 0.417 e. The second-order valence-corrected chi connectivity index (χ2v) is 7.29. The second-order valence-electron chi connectivity index (χ2n) is 4.76. The average Bonchev–Trinajstić information content (AvgIpc) is 2.46. The summed E-state index contributed by atoms with van der Waals surface area (Å²) >= 11 is 2.79. The van der Waals surface area contributed by atoms with E-state index in [-0.39, 0.29) is 4.47 Å². The van der Waals surface area contributed by atoms with Gasteiger partial charge < -0.3 is 0 Å². The first-order chi connectivity index (χ1) is 10.6. The molecule has 2 aromatic rings. The van der Waals surface area contributed by atoms with Gasteiger partial charge in [0.1, 0.15) is 0 Å². The highest BCUT2D eigenvalue weighted by atomic mass is 79.9. The van der Waals surface area contributed by atoms with E-state index in [1.165, 1.54) is 0 Å². The number of halogens is 4. The summed E-state index contributed by atoms with van der Waals surface area (Å²) in [5.74, 6) is 0. The fraction of sp³-hybridized carbons (Fsp3) is 0.200. The summed E-state index contributed by atoms with van der Waals surface area (Å²) in [4.78, 5) is -0.445. The molecule has 23 heavy (non-hydrogen) atoms. The molecule has 0 heterocycles. The van der Waals surface area contributed by atoms with Gasteiger partial charge in [-0.2, -0.15) is 13.2 Å². The highest BCUT2D eigenvalue weighted by Crippen LogP contribution is 2.36. The number of benzene rings is 2. The maximum absolute atomic E-state index is 12.9. The van der Waals surface area contributed by atoms with Crippen molar-refractivity contribution in [3.63, 3.8) is 0 Å². The van der Waals surface area contributed by atoms with Crippen molar-refractivity contribution in [2.45, 2.75) is 24.4 Å². The molecule has 0 atom stereocenters. The van der Waals surface area contributed by atoms with Gasteiger partial charge in [0.25, 0.3) is 10.0 Å². The molecule has 0 bridgehead atoms. The van der Waals surface area contributed by atoms with Crippen molar-refractivity contribution < 1.29 is 21.6 Å². The van der Waals surface area contributed by atoms with Gasteiger partial charge >= 0.3 is 6.18 Å². The Bertz CT molecular complexity index is 820. The molecule has 1 N–H and O–H groups in total. The summed E-state index contributed by atoms with van der Waals surface area (Å²) in [6, 6.07) is 9.54. The van der Waals surface area contributed by atoms with Crippen LogP contribution < -0.4 is 4.72 Å². The number of hydrogen-bond acceptors (Lipinski definition) is 2. The molecule has 3 nitrogen and oxygen atoms in total. The molecule has 2 rings (SSSR count). The first-order valence-electron chi connectivity index (χ1n) is 6.62. The lowest BCUT2D eigenvalue weighted by Gasteiger charge is -2.14. The summed E-state index contributed by atoms with van der Waals surface area (Å²) in [5, 5.41) is 0. The first-order valence-corrected chi connectivity index (χ1v) is 8.90. The van der Waals surface area contributed by atoms with E-state index in [1.54, 1.807) is 24.3 Å². The van der Waals surface area contributed by atoms with Crippen LogP contribution in [0.3, 0.4) is 0 Å². The molecule has 2 aromatic carbocycles. The molecule has 0 spiro atoms. The van der Waals surface area contributed by atoms with Gasteiger partial charge in [0.15, 0.2) is 0 Å². The zero-order chi connectivity index (χ0) is 17.3. The highest BCUT2D eigenvalue weighted by Gasteiger charge is 2.34. The molecule has 0 saturated heterocycles. The van der Waals surface area contributed by atoms with Crippen LogP contribution in [0.5, 0.6) is 0 Å². The van der Waals surface area contributed by atoms with E-state index in [1.807, 2.05) is 6.92 Å². The van der Waals surface area contributed by atoms with Crippen LogP contribution in [0.1, 0.15) is 18.1 Å². The SMILES string of the molecule is CCc1ccccc1NS(=O)(=O)c1ccc(Br)c(C(F)(F)F)c1. The highest BCUT2D eigenvalue weighted by molar-refractivity contribution is 9.10. The first kappa shape index (κ1) is 17.8. The van der Waals surface area contributed by atoms with Gasteiger partial charge in [-0.25, -0.2) is 8.42 Å². The number of aryl methyl sites for hydroxylation is 1. The van der Waals surface area contributed by atoms with Crippen molar-refractivity contribution >= 4 is 31.6 Å². The van der Waals surface area contributed by atoms with Crippen molar-refractivity contribution in [3.05, 3.63) is 58.1 Å². The Labute approximate surface area is 140 Å². The topological polar surface area (TPSA) is 46.2 Å². The van der Waals surface area contributed by atoms with Crippen LogP contribution in [0, 0.1) is 0 Å². The molecule has 0 amide bonds. The van der Waals surface area contributed by atoms with Gasteiger partial charge in [0, 0.05) is 4.47 Å². The van der Waals surface area contributed by atoms with Crippen LogP contribution in [-0.4, -0.2) is 8.42 Å². The lowest BCUT2D eigenvalue weighted by Crippen LogP contribution is -2.16. The molecular formula is C15H13BrF3NO2S. The average molecular weight is 408 g/mol. The number of para-hydroxylation sites is 1. The van der Waals surface area contributed by atoms with Crippen LogP contribution in [-0.2, 0) is 22.6 Å². The van der Waals surface area contributed by atoms with Crippen molar-refractivity contribution in [1.82, 2.24) is 0 Å². The zero-order valence-corrected chi connectivity index (χ0v) is 14.4. The zero-order valence-electron chi connectivity index (χ0n) is 12.0. The number of nitrogens with one attached hydrogen (secondary N) is 1. The summed E-state index contributed by atoms with van der Waals surface area (Å²) in [5.41, 5.74) is 0.0693. The molecule has 0 aromatic heterocycles. The van der Waals surface area contributed by atoms with E-state index in [9.17, 15) is 21.6 Å². The van der Waals surface area contributed by atoms with Gasteiger partial charge in [-0.15, -0.1) is 0 Å². The standard InChI is InChI=1S/C15H13BrF3NO2S/c1-2-10-5-3-4-6-14(10)20-23(21,22)11-7-8-13(16)12(9-11)15(17,18)19/h3-9,20H,2H2,1H3. The monoisotopic (exact) mass is 407 g/mol. The number of hydrogen-bond donors (Lipinski definition) is 1. The summed E-state index contributed by atoms with van der Waals surface area (Å²) in [6.45, 7) is 1.86. The third kappa shape index (κ3) is 4.06. The van der Waals surface area contributed by atoms with E-state index in [4.69, 9.17) is 0 Å². The van der Waals surface area contributed by atoms with E-state index >= 15 is 0 Å². The number of sulfonamides is 1. The van der Waals surface area contributed by atoms with Crippen LogP contribution in [0.25, 0.3) is 0 Å². The van der Waals surface area contributed by atoms with Crippen molar-refractivity contribution in [3.8, 4) is 0 Å². The molecule has 0 aliphatic rings. The minimum Gasteiger partial charge on any atom is -0.279 e. The Balaban J connectivity index is 2.45. The Morgan fingerprint density at radius 2 is 1.78 bits per heavy atom. The Morgan fingerprint density at radius 1 is 1.13 bits per heavy atom. The molecule has 8 heteroatoms. The second kappa shape index (κ2) is 6.52. The Morgan fingerprint density at radius 3 is 2.39 bits per heavy atom. The fourth-order valence-corrected chi connectivity index (χ4v) is 3.62. The van der Waals surface area contributed by atoms with E-state index < -0.39 is 26.7 Å². The maximum atomic E-state index is 12.9. The predicted octanol–water partition coefficient (Wildman–Crippen LogP) is 4.83. The molecule has 0 aliphatic heterocycles. The third-order valence-corrected chi connectivity index (χ3v) is 5.25. The van der Waals surface area contributed by atoms with E-state index in [0.717, 1.165) is 17.7 Å².